The summed E-state index contributed by atoms with van der Waals surface area (Å²) in [6.07, 6.45) is 3.58. The van der Waals surface area contributed by atoms with Gasteiger partial charge in [-0.3, -0.25) is 4.90 Å². The number of aromatic amines is 1. The van der Waals surface area contributed by atoms with Gasteiger partial charge in [-0.25, -0.2) is 29.5 Å². The first kappa shape index (κ1) is 23.8. The molecule has 0 radical (unpaired) electrons. The minimum absolute atomic E-state index is 0.167. The molecule has 11 heteroatoms. The average Bonchev–Trinajstić information content (AvgIpc) is 3.52. The van der Waals surface area contributed by atoms with E-state index in [1.54, 1.807) is 29.6 Å². The number of H-pyrrole nitrogens is 1. The Kier molecular flexibility index (Phi) is 6.65. The maximum atomic E-state index is 13.2. The number of imidazole rings is 1. The minimum atomic E-state index is -0.640. The van der Waals surface area contributed by atoms with Gasteiger partial charge in [0.25, 0.3) is 0 Å². The summed E-state index contributed by atoms with van der Waals surface area (Å²) < 4.78 is 10.8. The fraction of sp³-hybridized carbons (Fsp3) is 0.478. The number of nitrogens with one attached hydrogen (secondary N) is 1. The van der Waals surface area contributed by atoms with Gasteiger partial charge in [0.1, 0.15) is 5.60 Å². The Morgan fingerprint density at radius 2 is 2.06 bits per heavy atom. The highest BCUT2D eigenvalue weighted by Gasteiger charge is 2.43. The maximum absolute atomic E-state index is 13.2. The van der Waals surface area contributed by atoms with E-state index in [0.29, 0.717) is 30.3 Å². The summed E-state index contributed by atoms with van der Waals surface area (Å²) in [5.74, 6) is 0.365. The minimum Gasteiger partial charge on any atom is -0.461 e. The smallest absolute Gasteiger partial charge is 0.410 e. The van der Waals surface area contributed by atoms with Crippen LogP contribution in [0.2, 0.25) is 0 Å². The summed E-state index contributed by atoms with van der Waals surface area (Å²) in [7, 11) is 0. The molecule has 4 rings (SSSR count). The van der Waals surface area contributed by atoms with E-state index in [9.17, 15) is 9.59 Å². The van der Waals surface area contributed by atoms with Gasteiger partial charge in [-0.05, 0) is 47.1 Å². The van der Waals surface area contributed by atoms with Crippen molar-refractivity contribution < 1.29 is 19.1 Å². The summed E-state index contributed by atoms with van der Waals surface area (Å²) >= 11 is 1.38. The molecular formula is C23H28N6O4S. The van der Waals surface area contributed by atoms with Crippen LogP contribution in [0.5, 0.6) is 0 Å². The summed E-state index contributed by atoms with van der Waals surface area (Å²) in [6.45, 7) is 9.89. The molecule has 1 aliphatic heterocycles. The first-order valence-electron chi connectivity index (χ1n) is 11.1. The van der Waals surface area contributed by atoms with Crippen molar-refractivity contribution in [2.45, 2.75) is 58.6 Å². The molecule has 4 heterocycles. The van der Waals surface area contributed by atoms with E-state index in [4.69, 9.17) is 14.5 Å². The molecule has 2 unspecified atom stereocenters. The van der Waals surface area contributed by atoms with Crippen LogP contribution in [0.1, 0.15) is 73.0 Å². The Bertz CT molecular complexity index is 1170. The highest BCUT2D eigenvalue weighted by molar-refractivity contribution is 7.09. The number of hydrogen-bond acceptors (Lipinski definition) is 9. The van der Waals surface area contributed by atoms with Crippen LogP contribution in [0.4, 0.5) is 4.79 Å². The van der Waals surface area contributed by atoms with E-state index in [2.05, 4.69) is 19.9 Å². The number of esters is 1. The van der Waals surface area contributed by atoms with E-state index < -0.39 is 23.7 Å². The monoisotopic (exact) mass is 484 g/mol. The molecule has 0 saturated carbocycles. The van der Waals surface area contributed by atoms with Crippen molar-refractivity contribution in [2.75, 3.05) is 13.2 Å². The van der Waals surface area contributed by atoms with Gasteiger partial charge in [0.05, 0.1) is 23.4 Å². The number of hydrogen-bond donors (Lipinski definition) is 1. The fourth-order valence-electron chi connectivity index (χ4n) is 3.94. The number of likely N-dealkylation sites (tertiary alicyclic amines) is 1. The second kappa shape index (κ2) is 9.49. The van der Waals surface area contributed by atoms with Crippen LogP contribution >= 0.6 is 11.3 Å². The van der Waals surface area contributed by atoms with Crippen molar-refractivity contribution in [3.63, 3.8) is 0 Å². The van der Waals surface area contributed by atoms with Crippen LogP contribution in [0.3, 0.4) is 0 Å². The lowest BCUT2D eigenvalue weighted by molar-refractivity contribution is 0.0213. The van der Waals surface area contributed by atoms with Crippen LogP contribution < -0.4 is 0 Å². The molecule has 10 nitrogen and oxygen atoms in total. The Hall–Kier alpha value is -3.34. The molecule has 0 bridgehead atoms. The number of carbonyl (C=O) groups is 2. The zero-order valence-corrected chi connectivity index (χ0v) is 20.7. The number of carbonyl (C=O) groups excluding carboxylic acids is 2. The molecule has 1 saturated heterocycles. The van der Waals surface area contributed by atoms with Crippen LogP contribution in [-0.4, -0.2) is 60.6 Å². The molecule has 2 atom stereocenters. The molecular weight excluding hydrogens is 456 g/mol. The fourth-order valence-corrected chi connectivity index (χ4v) is 4.89. The van der Waals surface area contributed by atoms with Crippen molar-refractivity contribution in [3.05, 3.63) is 45.9 Å². The first-order valence-corrected chi connectivity index (χ1v) is 12.0. The van der Waals surface area contributed by atoms with E-state index in [1.165, 1.54) is 11.3 Å². The van der Waals surface area contributed by atoms with Gasteiger partial charge in [-0.2, -0.15) is 0 Å². The molecule has 1 fully saturated rings. The van der Waals surface area contributed by atoms with Crippen LogP contribution in [0.15, 0.2) is 23.8 Å². The molecule has 0 aliphatic carbocycles. The van der Waals surface area contributed by atoms with E-state index in [0.717, 1.165) is 10.7 Å². The van der Waals surface area contributed by atoms with Gasteiger partial charge in [-0.15, -0.1) is 11.3 Å². The Labute approximate surface area is 201 Å². The lowest BCUT2D eigenvalue weighted by Crippen LogP contribution is -2.37. The molecule has 1 aliphatic rings. The number of thiazole rings is 1. The third kappa shape index (κ3) is 5.09. The van der Waals surface area contributed by atoms with Gasteiger partial charge < -0.3 is 14.5 Å². The van der Waals surface area contributed by atoms with Crippen molar-refractivity contribution in [2.24, 2.45) is 0 Å². The quantitative estimate of drug-likeness (QED) is 0.533. The largest absolute Gasteiger partial charge is 0.461 e. The molecule has 1 N–H and O–H groups in total. The van der Waals surface area contributed by atoms with Gasteiger partial charge >= 0.3 is 12.1 Å². The molecule has 3 aromatic heterocycles. The summed E-state index contributed by atoms with van der Waals surface area (Å²) in [4.78, 5) is 48.2. The van der Waals surface area contributed by atoms with Crippen molar-refractivity contribution in [1.82, 2.24) is 29.8 Å². The molecule has 34 heavy (non-hydrogen) atoms. The number of amides is 1. The van der Waals surface area contributed by atoms with Crippen LogP contribution in [0, 0.1) is 6.92 Å². The van der Waals surface area contributed by atoms with E-state index in [1.807, 2.05) is 33.8 Å². The number of rotatable bonds is 5. The highest BCUT2D eigenvalue weighted by Crippen LogP contribution is 2.45. The van der Waals surface area contributed by atoms with Gasteiger partial charge in [-0.1, -0.05) is 0 Å². The van der Waals surface area contributed by atoms with Crippen LogP contribution in [0.25, 0.3) is 11.6 Å². The predicted octanol–water partition coefficient (Wildman–Crippen LogP) is 4.27. The second-order valence-electron chi connectivity index (χ2n) is 9.00. The lowest BCUT2D eigenvalue weighted by Gasteiger charge is -2.30. The highest BCUT2D eigenvalue weighted by atomic mass is 32.1. The maximum Gasteiger partial charge on any atom is 0.410 e. The Balaban J connectivity index is 1.74. The number of aromatic nitrogens is 5. The SMILES string of the molecule is CCOC(=O)c1csc(C2CCN(C(=O)OC(C)(C)C)C2c2cc(C)nc(-c3ncc[nH]3)n2)n1. The third-order valence-electron chi connectivity index (χ3n) is 5.24. The summed E-state index contributed by atoms with van der Waals surface area (Å²) in [5.41, 5.74) is 1.04. The van der Waals surface area contributed by atoms with Crippen LogP contribution in [-0.2, 0) is 9.47 Å². The van der Waals surface area contributed by atoms with E-state index in [-0.39, 0.29) is 18.2 Å². The van der Waals surface area contributed by atoms with Crippen molar-refractivity contribution in [3.8, 4) is 11.6 Å². The molecule has 1 amide bonds. The van der Waals surface area contributed by atoms with Crippen molar-refractivity contribution >= 4 is 23.4 Å². The number of aryl methyl sites for hydroxylation is 1. The Morgan fingerprint density at radius 3 is 2.74 bits per heavy atom. The van der Waals surface area contributed by atoms with E-state index >= 15 is 0 Å². The molecule has 0 spiro atoms. The van der Waals surface area contributed by atoms with Gasteiger partial charge in [0, 0.05) is 35.9 Å². The zero-order chi connectivity index (χ0) is 24.5. The summed E-state index contributed by atoms with van der Waals surface area (Å²) in [5, 5.41) is 2.44. The standard InChI is InChI=1S/C23H28N6O4S/c1-6-32-21(30)16-12-34-20(28-16)14-7-10-29(22(31)33-23(3,4)5)17(14)15-11-13(2)26-19(27-15)18-24-8-9-25-18/h8-9,11-12,14,17H,6-7,10H2,1-5H3,(H,24,25). The molecule has 3 aromatic rings. The second-order valence-corrected chi connectivity index (χ2v) is 9.89. The Morgan fingerprint density at radius 1 is 1.26 bits per heavy atom. The number of ether oxygens (including phenoxy) is 2. The first-order chi connectivity index (χ1) is 16.2. The number of nitrogens with zero attached hydrogens (tertiary/aromatic N) is 5. The van der Waals surface area contributed by atoms with Gasteiger partial charge in [0.15, 0.2) is 17.3 Å². The van der Waals surface area contributed by atoms with Gasteiger partial charge in [0.2, 0.25) is 0 Å². The average molecular weight is 485 g/mol. The zero-order valence-electron chi connectivity index (χ0n) is 19.9. The normalized spacial score (nSPS) is 18.2. The molecule has 0 aromatic carbocycles. The molecule has 180 valence electrons. The summed E-state index contributed by atoms with van der Waals surface area (Å²) in [6, 6.07) is 1.43. The third-order valence-corrected chi connectivity index (χ3v) is 6.21. The predicted molar refractivity (Wildman–Crippen MR) is 125 cm³/mol. The van der Waals surface area contributed by atoms with Crippen molar-refractivity contribution in [1.29, 1.82) is 0 Å². The topological polar surface area (TPSA) is 123 Å². The lowest BCUT2D eigenvalue weighted by atomic mass is 9.97.